The molecule has 0 aliphatic carbocycles. The van der Waals surface area contributed by atoms with Crippen molar-refractivity contribution < 1.29 is 28.2 Å². The molecule has 1 aromatic carbocycles. The first kappa shape index (κ1) is 17.9. The van der Waals surface area contributed by atoms with E-state index in [1.807, 2.05) is 0 Å². The van der Waals surface area contributed by atoms with Crippen molar-refractivity contribution in [2.75, 3.05) is 18.1 Å². The summed E-state index contributed by atoms with van der Waals surface area (Å²) in [6.07, 6.45) is 1.20. The Kier molecular flexibility index (Phi) is 5.47. The molecule has 7 nitrogen and oxygen atoms in total. The van der Waals surface area contributed by atoms with Gasteiger partial charge in [-0.05, 0) is 12.1 Å². The molecule has 1 aliphatic rings. The SMILES string of the molecule is CC(=O)N(c1nc(COC(=O)C2=COCCO2)cs1)c1ccccc1F. The molecule has 0 saturated carbocycles. The van der Waals surface area contributed by atoms with E-state index < -0.39 is 11.8 Å². The summed E-state index contributed by atoms with van der Waals surface area (Å²) in [4.78, 5) is 29.3. The van der Waals surface area contributed by atoms with Crippen molar-refractivity contribution in [3.8, 4) is 0 Å². The first-order valence-corrected chi connectivity index (χ1v) is 8.55. The molecule has 2 heterocycles. The lowest BCUT2D eigenvalue weighted by Crippen LogP contribution is -2.23. The molecule has 1 aliphatic heterocycles. The van der Waals surface area contributed by atoms with Crippen LogP contribution in [0.15, 0.2) is 41.7 Å². The number of carbonyl (C=O) groups excluding carboxylic acids is 2. The van der Waals surface area contributed by atoms with Crippen LogP contribution in [-0.2, 0) is 30.4 Å². The molecule has 0 radical (unpaired) electrons. The zero-order valence-electron chi connectivity index (χ0n) is 13.8. The van der Waals surface area contributed by atoms with Crippen LogP contribution in [0.25, 0.3) is 0 Å². The van der Waals surface area contributed by atoms with Crippen LogP contribution in [0, 0.1) is 5.82 Å². The summed E-state index contributed by atoms with van der Waals surface area (Å²) in [7, 11) is 0. The average Bonchev–Trinajstić information content (AvgIpc) is 3.10. The molecule has 136 valence electrons. The molecule has 1 aromatic heterocycles. The predicted octanol–water partition coefficient (Wildman–Crippen LogP) is 2.90. The number of rotatable bonds is 5. The lowest BCUT2D eigenvalue weighted by Gasteiger charge is -2.18. The Bertz CT molecular complexity index is 851. The van der Waals surface area contributed by atoms with Gasteiger partial charge in [0.25, 0.3) is 0 Å². The molecule has 0 atom stereocenters. The summed E-state index contributed by atoms with van der Waals surface area (Å²) in [6.45, 7) is 1.86. The van der Waals surface area contributed by atoms with Crippen LogP contribution in [0.2, 0.25) is 0 Å². The highest BCUT2D eigenvalue weighted by atomic mass is 32.1. The Morgan fingerprint density at radius 2 is 2.15 bits per heavy atom. The van der Waals surface area contributed by atoms with E-state index in [9.17, 15) is 14.0 Å². The number of thiazole rings is 1. The molecule has 0 saturated heterocycles. The van der Waals surface area contributed by atoms with Crippen molar-refractivity contribution >= 4 is 34.0 Å². The number of nitrogens with zero attached hydrogens (tertiary/aromatic N) is 2. The molecular formula is C17H15FN2O5S. The molecule has 0 bridgehead atoms. The smallest absolute Gasteiger partial charge is 0.377 e. The van der Waals surface area contributed by atoms with Crippen LogP contribution in [-0.4, -0.2) is 30.1 Å². The van der Waals surface area contributed by atoms with Gasteiger partial charge in [0, 0.05) is 12.3 Å². The molecular weight excluding hydrogens is 363 g/mol. The standard InChI is InChI=1S/C17H15FN2O5S/c1-11(21)20(14-5-3-2-4-13(14)18)17-19-12(10-26-17)8-25-16(22)15-9-23-6-7-24-15/h2-5,9-10H,6-8H2,1H3. The van der Waals surface area contributed by atoms with Crippen LogP contribution in [0.5, 0.6) is 0 Å². The van der Waals surface area contributed by atoms with Gasteiger partial charge < -0.3 is 14.2 Å². The van der Waals surface area contributed by atoms with E-state index in [0.717, 1.165) is 11.3 Å². The quantitative estimate of drug-likeness (QED) is 0.745. The number of halogens is 1. The number of ether oxygens (including phenoxy) is 3. The second kappa shape index (κ2) is 7.96. The fraction of sp³-hybridized carbons (Fsp3) is 0.235. The normalized spacial score (nSPS) is 13.2. The van der Waals surface area contributed by atoms with Gasteiger partial charge in [-0.3, -0.25) is 9.69 Å². The highest BCUT2D eigenvalue weighted by Crippen LogP contribution is 2.30. The molecule has 9 heteroatoms. The van der Waals surface area contributed by atoms with Crippen molar-refractivity contribution in [1.82, 2.24) is 4.98 Å². The van der Waals surface area contributed by atoms with Gasteiger partial charge in [0.2, 0.25) is 11.7 Å². The fourth-order valence-corrected chi connectivity index (χ4v) is 3.06. The highest BCUT2D eigenvalue weighted by molar-refractivity contribution is 7.14. The highest BCUT2D eigenvalue weighted by Gasteiger charge is 2.22. The molecule has 26 heavy (non-hydrogen) atoms. The topological polar surface area (TPSA) is 78.0 Å². The minimum atomic E-state index is -0.670. The first-order valence-electron chi connectivity index (χ1n) is 7.67. The predicted molar refractivity (Wildman–Crippen MR) is 91.1 cm³/mol. The van der Waals surface area contributed by atoms with Gasteiger partial charge in [-0.15, -0.1) is 11.3 Å². The van der Waals surface area contributed by atoms with Crippen molar-refractivity contribution in [2.45, 2.75) is 13.5 Å². The van der Waals surface area contributed by atoms with Crippen molar-refractivity contribution in [3.63, 3.8) is 0 Å². The van der Waals surface area contributed by atoms with Gasteiger partial charge in [0.05, 0.1) is 11.4 Å². The Morgan fingerprint density at radius 3 is 2.85 bits per heavy atom. The number of amides is 1. The van der Waals surface area contributed by atoms with Crippen LogP contribution < -0.4 is 4.90 Å². The molecule has 1 amide bonds. The van der Waals surface area contributed by atoms with Crippen LogP contribution in [0.1, 0.15) is 12.6 Å². The molecule has 3 rings (SSSR count). The summed E-state index contributed by atoms with van der Waals surface area (Å²) in [5.41, 5.74) is 0.536. The third-order valence-corrected chi connectivity index (χ3v) is 4.22. The molecule has 0 spiro atoms. The summed E-state index contributed by atoms with van der Waals surface area (Å²) in [5, 5.41) is 1.91. The summed E-state index contributed by atoms with van der Waals surface area (Å²) < 4.78 is 29.3. The van der Waals surface area contributed by atoms with Gasteiger partial charge >= 0.3 is 5.97 Å². The largest absolute Gasteiger partial charge is 0.493 e. The van der Waals surface area contributed by atoms with Crippen molar-refractivity contribution in [2.24, 2.45) is 0 Å². The van der Waals surface area contributed by atoms with Crippen molar-refractivity contribution in [1.29, 1.82) is 0 Å². The number of aromatic nitrogens is 1. The Hall–Kier alpha value is -2.94. The second-order valence-corrected chi connectivity index (χ2v) is 6.04. The van der Waals surface area contributed by atoms with Crippen LogP contribution in [0.3, 0.4) is 0 Å². The van der Waals surface area contributed by atoms with E-state index in [2.05, 4.69) is 4.98 Å². The molecule has 0 unspecified atom stereocenters. The fourth-order valence-electron chi connectivity index (χ4n) is 2.19. The minimum Gasteiger partial charge on any atom is -0.493 e. The Morgan fingerprint density at radius 1 is 1.35 bits per heavy atom. The number of para-hydroxylation sites is 1. The molecule has 0 N–H and O–H groups in total. The lowest BCUT2D eigenvalue weighted by molar-refractivity contribution is -0.146. The number of hydrogen-bond acceptors (Lipinski definition) is 7. The molecule has 2 aromatic rings. The van der Waals surface area contributed by atoms with Gasteiger partial charge in [0.1, 0.15) is 31.9 Å². The maximum Gasteiger partial charge on any atom is 0.377 e. The van der Waals surface area contributed by atoms with Gasteiger partial charge in [-0.1, -0.05) is 12.1 Å². The summed E-state index contributed by atoms with van der Waals surface area (Å²) in [6, 6.07) is 5.92. The van der Waals surface area contributed by atoms with E-state index in [4.69, 9.17) is 14.2 Å². The zero-order valence-corrected chi connectivity index (χ0v) is 14.6. The number of anilines is 2. The van der Waals surface area contributed by atoms with Crippen LogP contribution >= 0.6 is 11.3 Å². The number of carbonyl (C=O) groups is 2. The number of hydrogen-bond donors (Lipinski definition) is 0. The summed E-state index contributed by atoms with van der Waals surface area (Å²) in [5.74, 6) is -1.60. The van der Waals surface area contributed by atoms with E-state index in [-0.39, 0.29) is 35.7 Å². The Balaban J connectivity index is 1.71. The van der Waals surface area contributed by atoms with Gasteiger partial charge in [-0.2, -0.15) is 0 Å². The maximum absolute atomic E-state index is 14.0. The second-order valence-electron chi connectivity index (χ2n) is 5.20. The first-order chi connectivity index (χ1) is 12.6. The maximum atomic E-state index is 14.0. The van der Waals surface area contributed by atoms with Crippen LogP contribution in [0.4, 0.5) is 15.2 Å². The molecule has 0 fully saturated rings. The minimum absolute atomic E-state index is 0.0107. The van der Waals surface area contributed by atoms with E-state index in [1.54, 1.807) is 11.4 Å². The third kappa shape index (κ3) is 3.99. The number of esters is 1. The van der Waals surface area contributed by atoms with Gasteiger partial charge in [-0.25, -0.2) is 14.2 Å². The Labute approximate surface area is 152 Å². The van der Waals surface area contributed by atoms with Gasteiger partial charge in [0.15, 0.2) is 5.13 Å². The summed E-state index contributed by atoms with van der Waals surface area (Å²) >= 11 is 1.14. The lowest BCUT2D eigenvalue weighted by atomic mass is 10.3. The average molecular weight is 378 g/mol. The zero-order chi connectivity index (χ0) is 18.5. The third-order valence-electron chi connectivity index (χ3n) is 3.34. The monoisotopic (exact) mass is 378 g/mol. The van der Waals surface area contributed by atoms with Crippen molar-refractivity contribution in [3.05, 3.63) is 53.2 Å². The van der Waals surface area contributed by atoms with E-state index >= 15 is 0 Å². The number of benzene rings is 1. The van der Waals surface area contributed by atoms with E-state index in [0.29, 0.717) is 12.3 Å². The van der Waals surface area contributed by atoms with E-state index in [1.165, 1.54) is 36.3 Å².